The zero-order valence-electron chi connectivity index (χ0n) is 63.7. The van der Waals surface area contributed by atoms with E-state index in [0.29, 0.717) is 31.2 Å². The Labute approximate surface area is 640 Å². The molecule has 111 heavy (non-hydrogen) atoms. The van der Waals surface area contributed by atoms with Gasteiger partial charge in [-0.3, -0.25) is 9.59 Å². The minimum absolute atomic E-state index is 0.0231. The van der Waals surface area contributed by atoms with Crippen LogP contribution in [0.3, 0.4) is 0 Å². The van der Waals surface area contributed by atoms with Gasteiger partial charge in [0.2, 0.25) is 12.0 Å². The van der Waals surface area contributed by atoms with Gasteiger partial charge >= 0.3 is 17.9 Å². The topological polar surface area (TPSA) is 543 Å². The molecule has 36 heteroatoms. The van der Waals surface area contributed by atoms with E-state index in [9.17, 15) is 96.4 Å². The first-order chi connectivity index (χ1) is 52.3. The lowest BCUT2D eigenvalue weighted by Gasteiger charge is -2.71. The van der Waals surface area contributed by atoms with Crippen LogP contribution >= 0.6 is 0 Å². The van der Waals surface area contributed by atoms with E-state index in [2.05, 4.69) is 20.8 Å². The summed E-state index contributed by atoms with van der Waals surface area (Å²) in [5.74, 6) is -4.20. The minimum atomic E-state index is -2.31. The van der Waals surface area contributed by atoms with Crippen LogP contribution in [0.5, 0.6) is 17.2 Å². The van der Waals surface area contributed by atoms with E-state index >= 15 is 4.79 Å². The van der Waals surface area contributed by atoms with Crippen LogP contribution in [0.1, 0.15) is 112 Å². The Morgan fingerprint density at radius 1 is 0.559 bits per heavy atom. The zero-order valence-corrected chi connectivity index (χ0v) is 63.7. The van der Waals surface area contributed by atoms with E-state index in [1.54, 1.807) is 12.1 Å². The van der Waals surface area contributed by atoms with Crippen molar-refractivity contribution >= 4 is 24.0 Å². The van der Waals surface area contributed by atoms with Crippen molar-refractivity contribution in [2.45, 2.75) is 271 Å². The maximum Gasteiger partial charge on any atom is 0.331 e. The molecular weight excluding hydrogens is 1480 g/mol. The van der Waals surface area contributed by atoms with Crippen molar-refractivity contribution < 1.29 is 177 Å². The van der Waals surface area contributed by atoms with Gasteiger partial charge in [-0.05, 0) is 136 Å². The molecule has 6 saturated heterocycles. The second-order valence-electron chi connectivity index (χ2n) is 33.8. The van der Waals surface area contributed by atoms with Gasteiger partial charge in [0.1, 0.15) is 96.7 Å². The fourth-order valence-corrected chi connectivity index (χ4v) is 20.5. The number of benzene rings is 1. The normalized spacial score (nSPS) is 48.3. The molecule has 36 nitrogen and oxygen atoms in total. The van der Waals surface area contributed by atoms with Gasteiger partial charge in [0.05, 0.1) is 96.7 Å². The summed E-state index contributed by atoms with van der Waals surface area (Å²) in [6.07, 6.45) is -37.8. The molecule has 10 fully saturated rings. The smallest absolute Gasteiger partial charge is 0.331 e. The lowest BCUT2D eigenvalue weighted by Crippen LogP contribution is -2.71. The van der Waals surface area contributed by atoms with E-state index < -0.39 is 279 Å². The lowest BCUT2D eigenvalue weighted by molar-refractivity contribution is -0.386. The number of carbonyl (C=O) groups excluding carboxylic acids is 2. The van der Waals surface area contributed by atoms with Crippen LogP contribution in [0.4, 0.5) is 0 Å². The summed E-state index contributed by atoms with van der Waals surface area (Å²) in [5.41, 5.74) is -9.94. The summed E-state index contributed by atoms with van der Waals surface area (Å²) in [6, 6.07) is 3.11. The molecule has 0 spiro atoms. The molecule has 0 unspecified atom stereocenters. The average Bonchev–Trinajstić information content (AvgIpc) is 1.36. The largest absolute Gasteiger partial charge is 0.493 e. The number of ether oxygens (including phenoxy) is 16. The number of hydrogen-bond donors (Lipinski definition) is 17. The Hall–Kier alpha value is -4.57. The predicted octanol–water partition coefficient (Wildman–Crippen LogP) is -3.11. The van der Waals surface area contributed by atoms with E-state index in [1.165, 1.54) is 48.2 Å². The molecule has 1 aromatic carbocycles. The first-order valence-electron chi connectivity index (χ1n) is 37.9. The first-order valence-corrected chi connectivity index (χ1v) is 37.9. The van der Waals surface area contributed by atoms with Crippen LogP contribution in [0.15, 0.2) is 29.9 Å². The van der Waals surface area contributed by atoms with Crippen LogP contribution < -0.4 is 14.2 Å². The molecule has 0 amide bonds. The number of allylic oxidation sites excluding steroid dienone is 1. The number of carboxylic acids is 1. The van der Waals surface area contributed by atoms with E-state index in [4.69, 9.17) is 75.8 Å². The summed E-state index contributed by atoms with van der Waals surface area (Å²) < 4.78 is 95.6. The number of aliphatic hydroxyl groups excluding tert-OH is 14. The number of hydrogen-bond acceptors (Lipinski definition) is 35. The molecule has 5 aliphatic carbocycles. The molecular formula is C75H112O36. The third-order valence-electron chi connectivity index (χ3n) is 27.0. The van der Waals surface area contributed by atoms with Crippen molar-refractivity contribution in [2.75, 3.05) is 67.6 Å². The fourth-order valence-electron chi connectivity index (χ4n) is 20.5. The second kappa shape index (κ2) is 32.4. The van der Waals surface area contributed by atoms with Crippen molar-refractivity contribution in [2.24, 2.45) is 50.2 Å². The highest BCUT2D eigenvalue weighted by Crippen LogP contribution is 2.76. The van der Waals surface area contributed by atoms with Crippen LogP contribution in [0.25, 0.3) is 6.08 Å². The maximum atomic E-state index is 16.2. The fraction of sp³-hybridized carbons (Fsp3) is 0.827. The van der Waals surface area contributed by atoms with E-state index in [1.807, 2.05) is 13.0 Å². The van der Waals surface area contributed by atoms with Gasteiger partial charge in [-0.2, -0.15) is 0 Å². The molecule has 6 heterocycles. The molecule has 0 radical (unpaired) electrons. The first kappa shape index (κ1) is 85.8. The van der Waals surface area contributed by atoms with Crippen LogP contribution in [-0.2, 0) is 76.0 Å². The van der Waals surface area contributed by atoms with Crippen LogP contribution in [0.2, 0.25) is 0 Å². The predicted molar refractivity (Wildman–Crippen MR) is 371 cm³/mol. The summed E-state index contributed by atoms with van der Waals surface area (Å²) in [5, 5.41) is 191. The van der Waals surface area contributed by atoms with Crippen LogP contribution in [-0.4, -0.2) is 337 Å². The summed E-state index contributed by atoms with van der Waals surface area (Å²) in [7, 11) is 4.22. The number of methoxy groups -OCH3 is 3. The molecule has 628 valence electrons. The highest BCUT2D eigenvalue weighted by Gasteiger charge is 2.74. The second-order valence-corrected chi connectivity index (χ2v) is 33.8. The van der Waals surface area contributed by atoms with Gasteiger partial charge in [-0.15, -0.1) is 0 Å². The van der Waals surface area contributed by atoms with Gasteiger partial charge in [0, 0.05) is 11.5 Å². The number of aliphatic hydroxyl groups is 16. The van der Waals surface area contributed by atoms with Gasteiger partial charge in [-0.1, -0.05) is 39.3 Å². The molecule has 4 saturated carbocycles. The molecule has 35 atom stereocenters. The van der Waals surface area contributed by atoms with Crippen molar-refractivity contribution in [3.05, 3.63) is 35.4 Å². The maximum absolute atomic E-state index is 16.2. The molecule has 12 rings (SSSR count). The summed E-state index contributed by atoms with van der Waals surface area (Å²) in [4.78, 5) is 44.3. The number of carbonyl (C=O) groups is 3. The Morgan fingerprint density at radius 3 is 1.72 bits per heavy atom. The SMILES string of the molecule is COc1cc(C=CC(=O)O[C@@H]2[C@H](O)[C@@H](O[C@@H]3O[C@@H](C)[C@H](O[C@@H]4OC[C@@H](O)[C@H](O[C@@H]5OC[C@](O)(CO)[C@H]5O)[C@H]4O)[C@@H](O[C@@H]4OC[C@](O)(CO)[C@H]4O)[C@H]3O)[C@H](OC(=O)[C@]34CCC(C)(C)C[C@H]3C3=CC[C@@H]5[C@@]6(C)C[C@H](O)[C@H](O[C@@H]7O[C@H](CO)[C@@H](O)[C@H](O)[C@H]7O)[C@@](C)(C(=O)O)[C@@H]6CC[C@@]5(C)[C@]3(CO)CC4)O[C@@H]2C)cc(OC)c1OC. The molecule has 17 N–H and O–H groups in total. The third-order valence-corrected chi connectivity index (χ3v) is 27.0. The van der Waals surface area contributed by atoms with Crippen LogP contribution in [0, 0.1) is 50.2 Å². The average molecular weight is 1590 g/mol. The molecule has 0 bridgehead atoms. The molecule has 1 aromatic rings. The number of rotatable bonds is 23. The Kier molecular flexibility index (Phi) is 25.0. The van der Waals surface area contributed by atoms with Gasteiger partial charge in [0.15, 0.2) is 55.2 Å². The van der Waals surface area contributed by atoms with Crippen molar-refractivity contribution in [1.82, 2.24) is 0 Å². The lowest BCUT2D eigenvalue weighted by atomic mass is 9.33. The molecule has 11 aliphatic rings. The summed E-state index contributed by atoms with van der Waals surface area (Å²) >= 11 is 0. The van der Waals surface area contributed by atoms with Gasteiger partial charge < -0.3 is 163 Å². The van der Waals surface area contributed by atoms with E-state index in [0.717, 1.165) is 11.6 Å². The quantitative estimate of drug-likeness (QED) is 0.0223. The van der Waals surface area contributed by atoms with Gasteiger partial charge in [0.25, 0.3) is 0 Å². The Bertz CT molecular complexity index is 3500. The molecule has 0 aromatic heterocycles. The van der Waals surface area contributed by atoms with Gasteiger partial charge in [-0.25, -0.2) is 4.79 Å². The van der Waals surface area contributed by atoms with Crippen molar-refractivity contribution in [3.63, 3.8) is 0 Å². The summed E-state index contributed by atoms with van der Waals surface area (Å²) in [6.45, 7) is 7.38. The Balaban J connectivity index is 0.857. The van der Waals surface area contributed by atoms with Crippen molar-refractivity contribution in [3.8, 4) is 17.2 Å². The van der Waals surface area contributed by atoms with E-state index in [-0.39, 0.29) is 49.4 Å². The number of fused-ring (bicyclic) bond motifs is 7. The highest BCUT2D eigenvalue weighted by molar-refractivity contribution is 5.87. The monoisotopic (exact) mass is 1590 g/mol. The Morgan fingerprint density at radius 2 is 1.14 bits per heavy atom. The number of esters is 2. The number of carboxylic acid groups (broad SMARTS) is 1. The zero-order chi connectivity index (χ0) is 80.9. The highest BCUT2D eigenvalue weighted by atomic mass is 16.8. The van der Waals surface area contributed by atoms with Crippen molar-refractivity contribution in [1.29, 1.82) is 0 Å². The third kappa shape index (κ3) is 14.8. The minimum Gasteiger partial charge on any atom is -0.493 e. The standard InChI is InChI=1S/C75H112O36/c1-32-51(105-44(82)14-11-34-21-39(96-8)54(98-10)40(22-34)97-9)48(86)56(109-62-50(88)55(108-65-58(90)75(95,29-79)31-101-65)52(33(2)102-62)106-60-49(87)53(38(81)26-99-60)107-64-57(89)74(94,28-78)30-100-64)63(103-32)111-67(93)72-18-17-68(3,4)23-36(72)35-12-13-42-69(5)24-37(80)59(110-61-47(85)46(84)45(83)41(25-76)104-61)71(7,66(91)92)43(69)15-16-70(42,6)73(35,27-77)20-19-72/h11-12,14,21-22,32-33,36-38,41-43,45-53,55-65,76-81,83-90,94-95H,13,15-20,23-31H2,1-10H3,(H,91,92)/t32-,33+,36+,37+,38-,41-,42-,43-,45-,46+,47-,48+,49-,50-,51+,52+,53+,55+,56-,57+,58+,59+,60+,61+,62+,63+,64+,65+,69-,70-,71+,72+,73+,74-,75-/m1/s1. The molecule has 6 aliphatic heterocycles. The number of aliphatic carboxylic acids is 1.